The third-order valence-corrected chi connectivity index (χ3v) is 4.90. The molecule has 1 N–H and O–H groups in total. The second-order valence-electron chi connectivity index (χ2n) is 7.45. The van der Waals surface area contributed by atoms with Crippen LogP contribution in [-0.2, 0) is 16.0 Å². The summed E-state index contributed by atoms with van der Waals surface area (Å²) >= 11 is 0. The Balaban J connectivity index is 2.08. The summed E-state index contributed by atoms with van der Waals surface area (Å²) in [7, 11) is 1.45. The quantitative estimate of drug-likeness (QED) is 0.396. The molecular formula is C25H23N3O5. The molecule has 33 heavy (non-hydrogen) atoms. The van der Waals surface area contributed by atoms with Gasteiger partial charge in [0, 0.05) is 5.56 Å². The molecular weight excluding hydrogens is 422 g/mol. The molecule has 1 aliphatic rings. The Morgan fingerprint density at radius 3 is 2.42 bits per heavy atom. The number of hydrogen-bond acceptors (Lipinski definition) is 6. The van der Waals surface area contributed by atoms with Gasteiger partial charge in [-0.25, -0.2) is 9.69 Å². The van der Waals surface area contributed by atoms with Crippen molar-refractivity contribution in [2.45, 2.75) is 20.3 Å². The number of ether oxygens (including phenoxy) is 2. The Kier molecular flexibility index (Phi) is 6.94. The lowest BCUT2D eigenvalue weighted by Crippen LogP contribution is -2.54. The lowest BCUT2D eigenvalue weighted by molar-refractivity contribution is -0.122. The van der Waals surface area contributed by atoms with E-state index in [-0.39, 0.29) is 12.2 Å². The van der Waals surface area contributed by atoms with Gasteiger partial charge >= 0.3 is 6.03 Å². The lowest BCUT2D eigenvalue weighted by atomic mass is 10.0. The molecule has 0 aromatic heterocycles. The number of imide groups is 2. The van der Waals surface area contributed by atoms with Crippen LogP contribution in [0.1, 0.15) is 22.3 Å². The number of nitrogens with zero attached hydrogens (tertiary/aromatic N) is 2. The van der Waals surface area contributed by atoms with E-state index in [4.69, 9.17) is 14.7 Å². The SMILES string of the molecule is C=CCc1cc(/C=C2\C(=O)NC(=O)N(c3cc(C)cc(C)c3)C2=O)cc(OC)c1OCC#N. The monoisotopic (exact) mass is 445 g/mol. The van der Waals surface area contributed by atoms with E-state index in [2.05, 4.69) is 11.9 Å². The molecule has 0 atom stereocenters. The molecule has 2 aromatic rings. The Morgan fingerprint density at radius 1 is 1.12 bits per heavy atom. The largest absolute Gasteiger partial charge is 0.493 e. The van der Waals surface area contributed by atoms with Crippen LogP contribution >= 0.6 is 0 Å². The Bertz CT molecular complexity index is 1200. The molecule has 8 heteroatoms. The molecule has 0 radical (unpaired) electrons. The van der Waals surface area contributed by atoms with Crippen molar-refractivity contribution in [3.63, 3.8) is 0 Å². The fourth-order valence-electron chi connectivity index (χ4n) is 3.63. The number of amides is 4. The van der Waals surface area contributed by atoms with Crippen LogP contribution in [0.15, 0.2) is 48.6 Å². The maximum Gasteiger partial charge on any atom is 0.335 e. The van der Waals surface area contributed by atoms with Gasteiger partial charge in [0.15, 0.2) is 18.1 Å². The van der Waals surface area contributed by atoms with Crippen molar-refractivity contribution in [2.75, 3.05) is 18.6 Å². The fourth-order valence-corrected chi connectivity index (χ4v) is 3.63. The number of barbiturate groups is 1. The van der Waals surface area contributed by atoms with E-state index >= 15 is 0 Å². The highest BCUT2D eigenvalue weighted by Gasteiger charge is 2.37. The first kappa shape index (κ1) is 23.3. The maximum atomic E-state index is 13.2. The minimum Gasteiger partial charge on any atom is -0.493 e. The Labute approximate surface area is 191 Å². The molecule has 0 spiro atoms. The number of methoxy groups -OCH3 is 1. The first-order chi connectivity index (χ1) is 15.8. The molecule has 1 aliphatic heterocycles. The summed E-state index contributed by atoms with van der Waals surface area (Å²) in [4.78, 5) is 39.2. The normalized spacial score (nSPS) is 14.7. The average Bonchev–Trinajstić information content (AvgIpc) is 2.75. The van der Waals surface area contributed by atoms with Gasteiger partial charge in [-0.3, -0.25) is 14.9 Å². The second kappa shape index (κ2) is 9.83. The van der Waals surface area contributed by atoms with Gasteiger partial charge in [-0.15, -0.1) is 6.58 Å². The predicted octanol–water partition coefficient (Wildman–Crippen LogP) is 3.61. The zero-order valence-electron chi connectivity index (χ0n) is 18.6. The first-order valence-corrected chi connectivity index (χ1v) is 10.1. The topological polar surface area (TPSA) is 109 Å². The highest BCUT2D eigenvalue weighted by molar-refractivity contribution is 6.39. The summed E-state index contributed by atoms with van der Waals surface area (Å²) in [6.45, 7) is 7.27. The minimum atomic E-state index is -0.808. The highest BCUT2D eigenvalue weighted by atomic mass is 16.5. The second-order valence-corrected chi connectivity index (χ2v) is 7.45. The van der Waals surface area contributed by atoms with E-state index < -0.39 is 17.8 Å². The molecule has 2 aromatic carbocycles. The van der Waals surface area contributed by atoms with E-state index in [0.717, 1.165) is 16.0 Å². The number of carbonyl (C=O) groups is 3. The van der Waals surface area contributed by atoms with Crippen LogP contribution in [0, 0.1) is 25.2 Å². The van der Waals surface area contributed by atoms with Crippen LogP contribution < -0.4 is 19.7 Å². The van der Waals surface area contributed by atoms with Crippen LogP contribution in [0.25, 0.3) is 6.08 Å². The predicted molar refractivity (Wildman–Crippen MR) is 123 cm³/mol. The fraction of sp³-hybridized carbons (Fsp3) is 0.200. The van der Waals surface area contributed by atoms with E-state index in [1.807, 2.05) is 26.0 Å². The number of allylic oxidation sites excluding steroid dienone is 1. The summed E-state index contributed by atoms with van der Waals surface area (Å²) in [5.41, 5.74) is 3.07. The molecule has 1 fully saturated rings. The summed E-state index contributed by atoms with van der Waals surface area (Å²) < 4.78 is 10.9. The summed E-state index contributed by atoms with van der Waals surface area (Å²) in [5, 5.41) is 11.1. The number of urea groups is 1. The van der Waals surface area contributed by atoms with Gasteiger partial charge in [-0.1, -0.05) is 12.1 Å². The molecule has 0 bridgehead atoms. The molecule has 1 saturated heterocycles. The molecule has 0 aliphatic carbocycles. The van der Waals surface area contributed by atoms with Crippen molar-refractivity contribution in [3.8, 4) is 17.6 Å². The number of nitrogens with one attached hydrogen (secondary N) is 1. The number of aryl methyl sites for hydroxylation is 2. The highest BCUT2D eigenvalue weighted by Crippen LogP contribution is 2.35. The van der Waals surface area contributed by atoms with Crippen molar-refractivity contribution in [1.82, 2.24) is 5.32 Å². The molecule has 168 valence electrons. The van der Waals surface area contributed by atoms with E-state index in [9.17, 15) is 14.4 Å². The van der Waals surface area contributed by atoms with Crippen LogP contribution in [0.3, 0.4) is 0 Å². The Morgan fingerprint density at radius 2 is 1.82 bits per heavy atom. The third kappa shape index (κ3) is 4.93. The Hall–Kier alpha value is -4.38. The van der Waals surface area contributed by atoms with Gasteiger partial charge in [-0.2, -0.15) is 5.26 Å². The number of nitriles is 1. The molecule has 0 unspecified atom stereocenters. The van der Waals surface area contributed by atoms with Crippen LogP contribution in [0.4, 0.5) is 10.5 Å². The summed E-state index contributed by atoms with van der Waals surface area (Å²) in [5.74, 6) is -0.808. The summed E-state index contributed by atoms with van der Waals surface area (Å²) in [6.07, 6.45) is 3.45. The number of carbonyl (C=O) groups excluding carboxylic acids is 3. The molecule has 3 rings (SSSR count). The molecule has 1 heterocycles. The van der Waals surface area contributed by atoms with Crippen LogP contribution in [0.5, 0.6) is 11.5 Å². The van der Waals surface area contributed by atoms with Crippen LogP contribution in [0.2, 0.25) is 0 Å². The lowest BCUT2D eigenvalue weighted by Gasteiger charge is -2.27. The minimum absolute atomic E-state index is 0.172. The smallest absolute Gasteiger partial charge is 0.335 e. The number of hydrogen-bond donors (Lipinski definition) is 1. The number of rotatable bonds is 7. The van der Waals surface area contributed by atoms with Crippen LogP contribution in [-0.4, -0.2) is 31.6 Å². The third-order valence-electron chi connectivity index (χ3n) is 4.90. The zero-order chi connectivity index (χ0) is 24.1. The first-order valence-electron chi connectivity index (χ1n) is 10.1. The van der Waals surface area contributed by atoms with Crippen molar-refractivity contribution in [2.24, 2.45) is 0 Å². The zero-order valence-corrected chi connectivity index (χ0v) is 18.6. The maximum absolute atomic E-state index is 13.2. The van der Waals surface area contributed by atoms with Crippen molar-refractivity contribution >= 4 is 29.6 Å². The van der Waals surface area contributed by atoms with Gasteiger partial charge in [0.25, 0.3) is 11.8 Å². The van der Waals surface area contributed by atoms with Gasteiger partial charge in [0.05, 0.1) is 12.8 Å². The van der Waals surface area contributed by atoms with Gasteiger partial charge in [0.1, 0.15) is 11.6 Å². The molecule has 0 saturated carbocycles. The van der Waals surface area contributed by atoms with Crippen molar-refractivity contribution < 1.29 is 23.9 Å². The summed E-state index contributed by atoms with van der Waals surface area (Å²) in [6, 6.07) is 9.72. The van der Waals surface area contributed by atoms with E-state index in [1.165, 1.54) is 13.2 Å². The van der Waals surface area contributed by atoms with E-state index in [1.54, 1.807) is 30.3 Å². The van der Waals surface area contributed by atoms with E-state index in [0.29, 0.717) is 34.7 Å². The standard InChI is InChI=1S/C25H23N3O5/c1-5-6-18-12-17(14-21(32-4)22(18)33-8-7-26)13-20-23(29)27-25(31)28(24(20)30)19-10-15(2)9-16(3)11-19/h5,9-14H,1,6,8H2,2-4H3,(H,27,29,31)/b20-13+. The van der Waals surface area contributed by atoms with Crippen molar-refractivity contribution in [3.05, 3.63) is 70.8 Å². The number of anilines is 1. The van der Waals surface area contributed by atoms with Crippen molar-refractivity contribution in [1.29, 1.82) is 5.26 Å². The molecule has 4 amide bonds. The van der Waals surface area contributed by atoms with Gasteiger partial charge < -0.3 is 9.47 Å². The molecule has 8 nitrogen and oxygen atoms in total. The van der Waals surface area contributed by atoms with Gasteiger partial charge in [0.2, 0.25) is 0 Å². The average molecular weight is 445 g/mol. The van der Waals surface area contributed by atoms with Gasteiger partial charge in [-0.05, 0) is 67.3 Å². The number of benzene rings is 2.